The summed E-state index contributed by atoms with van der Waals surface area (Å²) in [6, 6.07) is 7.48. The number of aliphatic carboxylic acids is 1. The monoisotopic (exact) mass is 516 g/mol. The zero-order valence-electron chi connectivity index (χ0n) is 19.1. The van der Waals surface area contributed by atoms with Crippen LogP contribution in [0, 0.1) is 0 Å². The smallest absolute Gasteiger partial charge is 0.339 e. The van der Waals surface area contributed by atoms with E-state index in [9.17, 15) is 50.1 Å². The number of aliphatic hydroxyl groups is 2. The standard InChI is InChI=1S/C25H24O12/c26-15-5-1-13(11-17(15)28)3-7-20(30)36-19-9-10-25(35,24(33)34)23(22(19)32)37-21(31)8-4-14-2-6-16(27)18(29)12-14/h1-8,11-12,19,22-23,26-29,32,35H,9-10H2,(H,33,34). The zero-order valence-corrected chi connectivity index (χ0v) is 19.1. The molecular weight excluding hydrogens is 492 g/mol. The van der Waals surface area contributed by atoms with Gasteiger partial charge in [0.1, 0.15) is 12.2 Å². The first-order valence-corrected chi connectivity index (χ1v) is 10.9. The molecule has 0 aliphatic heterocycles. The fourth-order valence-electron chi connectivity index (χ4n) is 3.65. The van der Waals surface area contributed by atoms with E-state index in [4.69, 9.17) is 9.47 Å². The number of carboxylic acids is 1. The van der Waals surface area contributed by atoms with Crippen LogP contribution in [-0.4, -0.2) is 77.6 Å². The number of benzene rings is 2. The second-order valence-corrected chi connectivity index (χ2v) is 8.25. The lowest BCUT2D eigenvalue weighted by Gasteiger charge is -2.41. The van der Waals surface area contributed by atoms with E-state index in [2.05, 4.69) is 0 Å². The first-order valence-electron chi connectivity index (χ1n) is 10.9. The Bertz CT molecular complexity index is 1250. The van der Waals surface area contributed by atoms with E-state index in [1.165, 1.54) is 42.5 Å². The summed E-state index contributed by atoms with van der Waals surface area (Å²) in [6.07, 6.45) is -1.76. The van der Waals surface area contributed by atoms with Gasteiger partial charge in [-0.2, -0.15) is 0 Å². The van der Waals surface area contributed by atoms with Gasteiger partial charge in [0.05, 0.1) is 0 Å². The number of carbonyl (C=O) groups excluding carboxylic acids is 2. The third kappa shape index (κ3) is 6.37. The summed E-state index contributed by atoms with van der Waals surface area (Å²) in [6.45, 7) is 0. The Kier molecular flexibility index (Phi) is 8.05. The molecule has 37 heavy (non-hydrogen) atoms. The van der Waals surface area contributed by atoms with Crippen LogP contribution in [0.5, 0.6) is 23.0 Å². The maximum Gasteiger partial charge on any atom is 0.339 e. The summed E-state index contributed by atoms with van der Waals surface area (Å²) >= 11 is 0. The van der Waals surface area contributed by atoms with Gasteiger partial charge in [-0.05, 0) is 60.4 Å². The predicted molar refractivity (Wildman–Crippen MR) is 125 cm³/mol. The Morgan fingerprint density at radius 1 is 0.811 bits per heavy atom. The number of aromatic hydroxyl groups is 4. The van der Waals surface area contributed by atoms with Gasteiger partial charge in [-0.25, -0.2) is 14.4 Å². The van der Waals surface area contributed by atoms with E-state index in [-0.39, 0.29) is 23.5 Å². The molecule has 0 bridgehead atoms. The van der Waals surface area contributed by atoms with Crippen molar-refractivity contribution in [3.8, 4) is 23.0 Å². The minimum absolute atomic E-state index is 0.264. The molecule has 1 fully saturated rings. The van der Waals surface area contributed by atoms with Crippen molar-refractivity contribution in [2.75, 3.05) is 0 Å². The van der Waals surface area contributed by atoms with Gasteiger partial charge in [-0.1, -0.05) is 12.1 Å². The van der Waals surface area contributed by atoms with Crippen LogP contribution in [-0.2, 0) is 23.9 Å². The molecule has 1 saturated carbocycles. The van der Waals surface area contributed by atoms with E-state index >= 15 is 0 Å². The summed E-state index contributed by atoms with van der Waals surface area (Å²) in [5.74, 6) is -5.44. The number of hydrogen-bond donors (Lipinski definition) is 7. The molecule has 196 valence electrons. The highest BCUT2D eigenvalue weighted by Crippen LogP contribution is 2.34. The van der Waals surface area contributed by atoms with E-state index in [0.29, 0.717) is 5.56 Å². The van der Waals surface area contributed by atoms with Crippen molar-refractivity contribution in [1.29, 1.82) is 0 Å². The number of carboxylic acid groups (broad SMARTS) is 1. The van der Waals surface area contributed by atoms with E-state index in [0.717, 1.165) is 18.2 Å². The molecule has 0 radical (unpaired) electrons. The second kappa shape index (κ2) is 11.0. The number of rotatable bonds is 7. The average molecular weight is 516 g/mol. The molecular formula is C25H24O12. The van der Waals surface area contributed by atoms with Crippen molar-refractivity contribution in [2.45, 2.75) is 36.8 Å². The molecule has 1 aliphatic rings. The minimum Gasteiger partial charge on any atom is -0.504 e. The number of ether oxygens (including phenoxy) is 2. The predicted octanol–water partition coefficient (Wildman–Crippen LogP) is 1.03. The maximum absolute atomic E-state index is 12.3. The Hall–Kier alpha value is -4.55. The van der Waals surface area contributed by atoms with Crippen LogP contribution in [0.3, 0.4) is 0 Å². The second-order valence-electron chi connectivity index (χ2n) is 8.25. The van der Waals surface area contributed by atoms with Gasteiger partial charge in [0.2, 0.25) is 5.60 Å². The normalized spacial score (nSPS) is 23.7. The third-order valence-corrected chi connectivity index (χ3v) is 5.68. The highest BCUT2D eigenvalue weighted by Gasteiger charge is 2.56. The lowest BCUT2D eigenvalue weighted by Crippen LogP contribution is -2.63. The van der Waals surface area contributed by atoms with E-state index < -0.39 is 59.7 Å². The Balaban J connectivity index is 1.71. The zero-order chi connectivity index (χ0) is 27.3. The Morgan fingerprint density at radius 2 is 1.30 bits per heavy atom. The number of phenols is 4. The van der Waals surface area contributed by atoms with Crippen LogP contribution in [0.1, 0.15) is 24.0 Å². The molecule has 4 unspecified atom stereocenters. The van der Waals surface area contributed by atoms with Crippen LogP contribution < -0.4 is 0 Å². The van der Waals surface area contributed by atoms with Gasteiger partial charge >= 0.3 is 17.9 Å². The van der Waals surface area contributed by atoms with Gasteiger partial charge in [0, 0.05) is 12.2 Å². The molecule has 12 heteroatoms. The fraction of sp³-hybridized carbons (Fsp3) is 0.240. The Labute approximate surface area is 209 Å². The SMILES string of the molecule is O=C(C=Cc1ccc(O)c(O)c1)OC1CCC(O)(C(=O)O)C(OC(=O)C=Cc2ccc(O)c(O)c2)C1O. The molecule has 0 spiro atoms. The molecule has 0 aromatic heterocycles. The lowest BCUT2D eigenvalue weighted by molar-refractivity contribution is -0.220. The fourth-order valence-corrected chi connectivity index (χ4v) is 3.65. The van der Waals surface area contributed by atoms with Crippen LogP contribution in [0.15, 0.2) is 48.6 Å². The Morgan fingerprint density at radius 3 is 1.76 bits per heavy atom. The highest BCUT2D eigenvalue weighted by molar-refractivity contribution is 5.89. The van der Waals surface area contributed by atoms with Gasteiger partial charge in [0.25, 0.3) is 0 Å². The van der Waals surface area contributed by atoms with Crippen molar-refractivity contribution in [1.82, 2.24) is 0 Å². The maximum atomic E-state index is 12.3. The van der Waals surface area contributed by atoms with Crippen molar-refractivity contribution < 1.29 is 59.6 Å². The van der Waals surface area contributed by atoms with Crippen molar-refractivity contribution >= 4 is 30.1 Å². The van der Waals surface area contributed by atoms with Gasteiger partial charge in [-0.15, -0.1) is 0 Å². The first-order chi connectivity index (χ1) is 17.4. The molecule has 7 N–H and O–H groups in total. The quantitative estimate of drug-likeness (QED) is 0.156. The number of carbonyl (C=O) groups is 3. The number of hydrogen-bond acceptors (Lipinski definition) is 11. The molecule has 12 nitrogen and oxygen atoms in total. The van der Waals surface area contributed by atoms with Gasteiger partial charge in [0.15, 0.2) is 29.1 Å². The highest BCUT2D eigenvalue weighted by atomic mass is 16.6. The van der Waals surface area contributed by atoms with Crippen molar-refractivity contribution in [2.24, 2.45) is 0 Å². The molecule has 2 aromatic carbocycles. The lowest BCUT2D eigenvalue weighted by atomic mass is 9.78. The first kappa shape index (κ1) is 27.0. The topological polar surface area (TPSA) is 211 Å². The number of aliphatic hydroxyl groups excluding tert-OH is 1. The molecule has 0 saturated heterocycles. The van der Waals surface area contributed by atoms with E-state index in [1.807, 2.05) is 0 Å². The average Bonchev–Trinajstić information content (AvgIpc) is 2.85. The molecule has 1 aliphatic carbocycles. The summed E-state index contributed by atoms with van der Waals surface area (Å²) in [5.41, 5.74) is -2.04. The summed E-state index contributed by atoms with van der Waals surface area (Å²) in [4.78, 5) is 36.3. The molecule has 2 aromatic rings. The van der Waals surface area contributed by atoms with Crippen LogP contribution in [0.4, 0.5) is 0 Å². The molecule has 3 rings (SSSR count). The summed E-state index contributed by atoms with van der Waals surface area (Å²) in [7, 11) is 0. The molecule has 0 amide bonds. The number of esters is 2. The van der Waals surface area contributed by atoms with Crippen LogP contribution in [0.2, 0.25) is 0 Å². The van der Waals surface area contributed by atoms with Crippen molar-refractivity contribution in [3.05, 3.63) is 59.7 Å². The van der Waals surface area contributed by atoms with Gasteiger partial charge in [-0.3, -0.25) is 0 Å². The van der Waals surface area contributed by atoms with Crippen LogP contribution in [0.25, 0.3) is 12.2 Å². The van der Waals surface area contributed by atoms with Gasteiger partial charge < -0.3 is 45.2 Å². The summed E-state index contributed by atoms with van der Waals surface area (Å²) < 4.78 is 10.2. The summed E-state index contributed by atoms with van der Waals surface area (Å²) in [5, 5.41) is 68.5. The molecule has 4 atom stereocenters. The van der Waals surface area contributed by atoms with Crippen LogP contribution >= 0.6 is 0 Å². The third-order valence-electron chi connectivity index (χ3n) is 5.68. The minimum atomic E-state index is -2.66. The van der Waals surface area contributed by atoms with Crippen molar-refractivity contribution in [3.63, 3.8) is 0 Å². The van der Waals surface area contributed by atoms with E-state index in [1.54, 1.807) is 0 Å². The molecule has 0 heterocycles. The largest absolute Gasteiger partial charge is 0.504 e. The number of phenolic OH excluding ortho intramolecular Hbond substituents is 4.